The highest BCUT2D eigenvalue weighted by Crippen LogP contribution is 2.28. The lowest BCUT2D eigenvalue weighted by Gasteiger charge is -2.29. The van der Waals surface area contributed by atoms with Crippen LogP contribution in [0.25, 0.3) is 0 Å². The van der Waals surface area contributed by atoms with Crippen molar-refractivity contribution < 1.29 is 8.42 Å². The summed E-state index contributed by atoms with van der Waals surface area (Å²) in [6.07, 6.45) is 9.53. The molecule has 1 aromatic heterocycles. The van der Waals surface area contributed by atoms with Gasteiger partial charge in [-0.3, -0.25) is 0 Å². The van der Waals surface area contributed by atoms with Crippen molar-refractivity contribution >= 4 is 10.0 Å². The van der Waals surface area contributed by atoms with Crippen LogP contribution < -0.4 is 4.72 Å². The number of imidazole rings is 1. The maximum Gasteiger partial charge on any atom is 0.257 e. The van der Waals surface area contributed by atoms with Crippen LogP contribution in [0.15, 0.2) is 17.6 Å². The summed E-state index contributed by atoms with van der Waals surface area (Å²) in [4.78, 5) is 6.41. The van der Waals surface area contributed by atoms with Gasteiger partial charge in [-0.25, -0.2) is 18.1 Å². The van der Waals surface area contributed by atoms with Crippen LogP contribution >= 0.6 is 0 Å². The molecule has 0 amide bonds. The molecule has 0 radical (unpaired) electrons. The van der Waals surface area contributed by atoms with Gasteiger partial charge in [0.05, 0.1) is 12.5 Å². The molecule has 1 unspecified atom stereocenters. The van der Waals surface area contributed by atoms with E-state index in [1.807, 2.05) is 6.92 Å². The summed E-state index contributed by atoms with van der Waals surface area (Å²) < 4.78 is 27.1. The van der Waals surface area contributed by atoms with Gasteiger partial charge in [0.25, 0.3) is 10.0 Å². The van der Waals surface area contributed by atoms with Crippen molar-refractivity contribution in [1.29, 1.82) is 0 Å². The van der Waals surface area contributed by atoms with Gasteiger partial charge in [-0.05, 0) is 25.2 Å². The highest BCUT2D eigenvalue weighted by Gasteiger charge is 2.27. The molecular weight excluding hydrogens is 250 g/mol. The van der Waals surface area contributed by atoms with Crippen LogP contribution in [0.5, 0.6) is 0 Å². The van der Waals surface area contributed by atoms with E-state index >= 15 is 0 Å². The molecule has 1 atom stereocenters. The van der Waals surface area contributed by atoms with Crippen LogP contribution in [0.2, 0.25) is 0 Å². The fraction of sp³-hybridized carbons (Fsp3) is 0.750. The van der Waals surface area contributed by atoms with E-state index in [0.29, 0.717) is 5.92 Å². The Labute approximate surface area is 108 Å². The third-order valence-corrected chi connectivity index (χ3v) is 5.14. The minimum Gasteiger partial charge on any atom is -0.335 e. The monoisotopic (exact) mass is 271 g/mol. The predicted octanol–water partition coefficient (Wildman–Crippen LogP) is 2.05. The molecule has 18 heavy (non-hydrogen) atoms. The smallest absolute Gasteiger partial charge is 0.257 e. The van der Waals surface area contributed by atoms with E-state index in [-0.39, 0.29) is 11.1 Å². The van der Waals surface area contributed by atoms with E-state index in [9.17, 15) is 8.42 Å². The second-order valence-corrected chi connectivity index (χ2v) is 6.63. The molecule has 0 saturated heterocycles. The van der Waals surface area contributed by atoms with E-state index in [1.165, 1.54) is 31.8 Å². The number of H-pyrrole nitrogens is 1. The molecule has 0 spiro atoms. The zero-order valence-corrected chi connectivity index (χ0v) is 11.5. The molecule has 1 fully saturated rings. The molecule has 1 saturated carbocycles. The number of sulfonamides is 1. The third-order valence-electron chi connectivity index (χ3n) is 3.73. The zero-order chi connectivity index (χ0) is 13.0. The molecule has 1 heterocycles. The molecule has 0 aliphatic heterocycles. The van der Waals surface area contributed by atoms with Gasteiger partial charge in [-0.1, -0.05) is 26.2 Å². The lowest BCUT2D eigenvalue weighted by atomic mass is 9.83. The number of hydrogen-bond donors (Lipinski definition) is 2. The summed E-state index contributed by atoms with van der Waals surface area (Å²) >= 11 is 0. The first-order valence-corrected chi connectivity index (χ1v) is 8.12. The highest BCUT2D eigenvalue weighted by molar-refractivity contribution is 7.89. The average Bonchev–Trinajstić information content (AvgIpc) is 2.92. The molecule has 1 aromatic rings. The molecular formula is C12H21N3O2S. The van der Waals surface area contributed by atoms with Crippen molar-refractivity contribution in [2.24, 2.45) is 5.92 Å². The first-order chi connectivity index (χ1) is 8.63. The Bertz CT molecular complexity index is 450. The first-order valence-electron chi connectivity index (χ1n) is 6.64. The Morgan fingerprint density at radius 3 is 2.72 bits per heavy atom. The van der Waals surface area contributed by atoms with Crippen LogP contribution in [-0.2, 0) is 10.0 Å². The standard InChI is InChI=1S/C12H21N3O2S/c1-2-11(10-6-4-3-5-7-10)15-18(16,17)12-8-13-9-14-12/h8-11,15H,2-7H2,1H3,(H,13,14). The maximum absolute atomic E-state index is 12.1. The summed E-state index contributed by atoms with van der Waals surface area (Å²) in [7, 11) is -3.45. The van der Waals surface area contributed by atoms with Gasteiger partial charge >= 0.3 is 0 Å². The molecule has 0 bridgehead atoms. The van der Waals surface area contributed by atoms with Gasteiger partial charge in [0.2, 0.25) is 0 Å². The second-order valence-electron chi connectivity index (χ2n) is 4.95. The van der Waals surface area contributed by atoms with E-state index < -0.39 is 10.0 Å². The largest absolute Gasteiger partial charge is 0.335 e. The number of aromatic nitrogens is 2. The number of nitrogens with zero attached hydrogens (tertiary/aromatic N) is 1. The quantitative estimate of drug-likeness (QED) is 0.860. The van der Waals surface area contributed by atoms with Gasteiger partial charge in [0.1, 0.15) is 0 Å². The van der Waals surface area contributed by atoms with Crippen LogP contribution in [0.4, 0.5) is 0 Å². The van der Waals surface area contributed by atoms with Gasteiger partial charge < -0.3 is 4.98 Å². The van der Waals surface area contributed by atoms with Crippen molar-refractivity contribution in [1.82, 2.24) is 14.7 Å². The van der Waals surface area contributed by atoms with Gasteiger partial charge in [-0.15, -0.1) is 0 Å². The lowest BCUT2D eigenvalue weighted by molar-refractivity contribution is 0.285. The summed E-state index contributed by atoms with van der Waals surface area (Å²) in [5.74, 6) is 0.474. The Morgan fingerprint density at radius 1 is 1.44 bits per heavy atom. The number of nitrogens with one attached hydrogen (secondary N) is 2. The molecule has 2 N–H and O–H groups in total. The van der Waals surface area contributed by atoms with Crippen molar-refractivity contribution in [2.75, 3.05) is 0 Å². The average molecular weight is 271 g/mol. The fourth-order valence-corrected chi connectivity index (χ4v) is 3.99. The van der Waals surface area contributed by atoms with Crippen LogP contribution in [0.1, 0.15) is 45.4 Å². The topological polar surface area (TPSA) is 74.8 Å². The second kappa shape index (κ2) is 5.84. The Hall–Kier alpha value is -0.880. The molecule has 1 aliphatic rings. The molecule has 2 rings (SSSR count). The molecule has 102 valence electrons. The zero-order valence-electron chi connectivity index (χ0n) is 10.7. The van der Waals surface area contributed by atoms with Crippen molar-refractivity contribution in [3.8, 4) is 0 Å². The first kappa shape index (κ1) is 13.5. The summed E-state index contributed by atoms with van der Waals surface area (Å²) in [5.41, 5.74) is 0. The fourth-order valence-electron chi connectivity index (χ4n) is 2.70. The van der Waals surface area contributed by atoms with Crippen molar-refractivity contribution in [3.63, 3.8) is 0 Å². The van der Waals surface area contributed by atoms with E-state index in [4.69, 9.17) is 0 Å². The molecule has 1 aliphatic carbocycles. The number of rotatable bonds is 5. The molecule has 5 nitrogen and oxygen atoms in total. The van der Waals surface area contributed by atoms with Crippen LogP contribution in [-0.4, -0.2) is 24.4 Å². The minimum absolute atomic E-state index is 0.0404. The summed E-state index contributed by atoms with van der Waals surface area (Å²) in [6, 6.07) is 0.0404. The van der Waals surface area contributed by atoms with Crippen LogP contribution in [0, 0.1) is 5.92 Å². The van der Waals surface area contributed by atoms with E-state index in [1.54, 1.807) is 0 Å². The SMILES string of the molecule is CCC(NS(=O)(=O)c1cnc[nH]1)C1CCCCC1. The highest BCUT2D eigenvalue weighted by atomic mass is 32.2. The van der Waals surface area contributed by atoms with Gasteiger partial charge in [0, 0.05) is 6.04 Å². The van der Waals surface area contributed by atoms with Gasteiger partial charge in [-0.2, -0.15) is 0 Å². The Balaban J connectivity index is 2.06. The van der Waals surface area contributed by atoms with E-state index in [0.717, 1.165) is 19.3 Å². The predicted molar refractivity (Wildman–Crippen MR) is 69.6 cm³/mol. The minimum atomic E-state index is -3.45. The van der Waals surface area contributed by atoms with Crippen molar-refractivity contribution in [3.05, 3.63) is 12.5 Å². The van der Waals surface area contributed by atoms with Crippen LogP contribution in [0.3, 0.4) is 0 Å². The third kappa shape index (κ3) is 3.11. The maximum atomic E-state index is 12.1. The molecule has 6 heteroatoms. The van der Waals surface area contributed by atoms with Crippen molar-refractivity contribution in [2.45, 2.75) is 56.5 Å². The number of hydrogen-bond acceptors (Lipinski definition) is 3. The van der Waals surface area contributed by atoms with E-state index in [2.05, 4.69) is 14.7 Å². The van der Waals surface area contributed by atoms with Gasteiger partial charge in [0.15, 0.2) is 5.03 Å². The molecule has 0 aromatic carbocycles. The number of aromatic amines is 1. The summed E-state index contributed by atoms with van der Waals surface area (Å²) in [5, 5.41) is 0.150. The Kier molecular flexibility index (Phi) is 4.40. The summed E-state index contributed by atoms with van der Waals surface area (Å²) in [6.45, 7) is 2.04. The normalized spacial score (nSPS) is 19.8. The lowest BCUT2D eigenvalue weighted by Crippen LogP contribution is -2.40. The Morgan fingerprint density at radius 2 is 2.17 bits per heavy atom.